The molecule has 0 spiro atoms. The average Bonchev–Trinajstić information content (AvgIpc) is 2.30. The molecule has 0 fully saturated rings. The lowest BCUT2D eigenvalue weighted by Crippen LogP contribution is -2.37. The van der Waals surface area contributed by atoms with Crippen LogP contribution in [-0.4, -0.2) is 38.1 Å². The molecule has 1 aromatic rings. The largest absolute Gasteiger partial charge is 0.397 e. The van der Waals surface area contributed by atoms with Crippen LogP contribution in [0.3, 0.4) is 0 Å². The first-order chi connectivity index (χ1) is 8.66. The molecule has 0 aliphatic rings. The van der Waals surface area contributed by atoms with Crippen molar-refractivity contribution in [3.63, 3.8) is 0 Å². The lowest BCUT2D eigenvalue weighted by molar-refractivity contribution is -0.128. The van der Waals surface area contributed by atoms with Crippen LogP contribution >= 0.6 is 0 Å². The quantitative estimate of drug-likeness (QED) is 0.843. The number of anilines is 1. The molecule has 1 amide bonds. The molecule has 0 aliphatic carbocycles. The summed E-state index contributed by atoms with van der Waals surface area (Å²) in [6.45, 7) is 5.38. The molecule has 2 N–H and O–H groups in total. The number of carbonyl (C=O) groups excluding carboxylic acids is 1. The summed E-state index contributed by atoms with van der Waals surface area (Å²) in [5.41, 5.74) is 6.67. The average molecular weight is 284 g/mol. The molecule has 6 heteroatoms. The zero-order valence-corrected chi connectivity index (χ0v) is 12.5. The van der Waals surface area contributed by atoms with E-state index in [1.165, 1.54) is 11.0 Å². The second kappa shape index (κ2) is 5.61. The maximum absolute atomic E-state index is 12.2. The Kier molecular flexibility index (Phi) is 4.57. The number of hydrogen-bond acceptors (Lipinski definition) is 4. The van der Waals surface area contributed by atoms with Gasteiger partial charge < -0.3 is 10.6 Å². The number of sulfone groups is 1. The van der Waals surface area contributed by atoms with Crippen LogP contribution in [-0.2, 0) is 14.6 Å². The third kappa shape index (κ3) is 3.47. The number of nitrogens with zero attached hydrogens (tertiary/aromatic N) is 1. The van der Waals surface area contributed by atoms with E-state index in [4.69, 9.17) is 5.73 Å². The summed E-state index contributed by atoms with van der Waals surface area (Å²) in [5.74, 6) is -0.995. The van der Waals surface area contributed by atoms with Gasteiger partial charge in [0.15, 0.2) is 9.84 Å². The number of benzene rings is 1. The van der Waals surface area contributed by atoms with E-state index >= 15 is 0 Å². The first kappa shape index (κ1) is 15.5. The molecule has 0 saturated heterocycles. The molecular formula is C13H20N2O3S. The molecule has 5 nitrogen and oxygen atoms in total. The second-order valence-electron chi connectivity index (χ2n) is 4.84. The van der Waals surface area contributed by atoms with Gasteiger partial charge in [-0.1, -0.05) is 12.1 Å². The molecule has 106 valence electrons. The van der Waals surface area contributed by atoms with Gasteiger partial charge in [0.25, 0.3) is 0 Å². The molecule has 0 heterocycles. The molecule has 19 heavy (non-hydrogen) atoms. The van der Waals surface area contributed by atoms with E-state index in [0.717, 1.165) is 0 Å². The van der Waals surface area contributed by atoms with Crippen LogP contribution in [0.2, 0.25) is 0 Å². The first-order valence-corrected chi connectivity index (χ1v) is 7.65. The van der Waals surface area contributed by atoms with Crippen molar-refractivity contribution in [3.05, 3.63) is 23.8 Å². The number of rotatable bonds is 4. The van der Waals surface area contributed by atoms with Gasteiger partial charge in [0.1, 0.15) is 5.75 Å². The highest BCUT2D eigenvalue weighted by atomic mass is 32.2. The van der Waals surface area contributed by atoms with Gasteiger partial charge in [0.2, 0.25) is 5.91 Å². The van der Waals surface area contributed by atoms with Gasteiger partial charge in [-0.2, -0.15) is 0 Å². The number of amides is 1. The Bertz CT molecular complexity index is 580. The minimum atomic E-state index is -3.71. The Labute approximate surface area is 114 Å². The van der Waals surface area contributed by atoms with Crippen molar-refractivity contribution < 1.29 is 13.2 Å². The fourth-order valence-corrected chi connectivity index (χ4v) is 3.02. The molecule has 0 atom stereocenters. The summed E-state index contributed by atoms with van der Waals surface area (Å²) in [7, 11) is -2.12. The molecule has 0 saturated carbocycles. The smallest absolute Gasteiger partial charge is 0.238 e. The van der Waals surface area contributed by atoms with Crippen LogP contribution in [0.1, 0.15) is 19.4 Å². The van der Waals surface area contributed by atoms with Gasteiger partial charge in [-0.25, -0.2) is 8.42 Å². The third-order valence-corrected chi connectivity index (χ3v) is 4.75. The Morgan fingerprint density at radius 1 is 1.37 bits per heavy atom. The summed E-state index contributed by atoms with van der Waals surface area (Å²) in [5, 5.41) is 0. The van der Waals surface area contributed by atoms with Gasteiger partial charge in [0, 0.05) is 13.1 Å². The van der Waals surface area contributed by atoms with Crippen molar-refractivity contribution in [2.45, 2.75) is 31.7 Å². The summed E-state index contributed by atoms with van der Waals surface area (Å²) >= 11 is 0. The molecule has 0 bridgehead atoms. The van der Waals surface area contributed by atoms with Crippen LogP contribution in [0.15, 0.2) is 23.1 Å². The molecule has 1 aromatic carbocycles. The van der Waals surface area contributed by atoms with Gasteiger partial charge >= 0.3 is 0 Å². The van der Waals surface area contributed by atoms with Crippen LogP contribution in [0, 0.1) is 6.92 Å². The zero-order valence-electron chi connectivity index (χ0n) is 11.7. The molecule has 0 aliphatic heterocycles. The fourth-order valence-electron chi connectivity index (χ4n) is 1.56. The van der Waals surface area contributed by atoms with E-state index in [1.807, 2.05) is 13.8 Å². The van der Waals surface area contributed by atoms with Gasteiger partial charge in [0.05, 0.1) is 10.6 Å². The predicted octanol–water partition coefficient (Wildman–Crippen LogP) is 1.22. The lowest BCUT2D eigenvalue weighted by Gasteiger charge is -2.21. The number of para-hydroxylation sites is 1. The molecule has 0 radical (unpaired) electrons. The van der Waals surface area contributed by atoms with Crippen molar-refractivity contribution in [3.8, 4) is 0 Å². The Hall–Kier alpha value is -1.56. The van der Waals surface area contributed by atoms with Gasteiger partial charge in [-0.3, -0.25) is 4.79 Å². The molecule has 0 aromatic heterocycles. The van der Waals surface area contributed by atoms with Crippen LogP contribution in [0.4, 0.5) is 5.69 Å². The number of nitrogens with two attached hydrogens (primary N) is 1. The monoisotopic (exact) mass is 284 g/mol. The highest BCUT2D eigenvalue weighted by Gasteiger charge is 2.25. The van der Waals surface area contributed by atoms with Crippen LogP contribution in [0.5, 0.6) is 0 Å². The second-order valence-corrected chi connectivity index (χ2v) is 6.80. The van der Waals surface area contributed by atoms with Crippen molar-refractivity contribution in [1.82, 2.24) is 4.90 Å². The maximum Gasteiger partial charge on any atom is 0.238 e. The first-order valence-electron chi connectivity index (χ1n) is 6.00. The fraction of sp³-hybridized carbons (Fsp3) is 0.462. The third-order valence-electron chi connectivity index (χ3n) is 3.10. The van der Waals surface area contributed by atoms with E-state index in [9.17, 15) is 13.2 Å². The van der Waals surface area contributed by atoms with Crippen molar-refractivity contribution in [1.29, 1.82) is 0 Å². The maximum atomic E-state index is 12.2. The van der Waals surface area contributed by atoms with Crippen LogP contribution in [0.25, 0.3) is 0 Å². The van der Waals surface area contributed by atoms with E-state index in [1.54, 1.807) is 26.1 Å². The van der Waals surface area contributed by atoms with Gasteiger partial charge in [-0.05, 0) is 32.4 Å². The summed E-state index contributed by atoms with van der Waals surface area (Å²) in [6.07, 6.45) is 0. The summed E-state index contributed by atoms with van der Waals surface area (Å²) < 4.78 is 24.4. The Morgan fingerprint density at radius 2 is 1.95 bits per heavy atom. The normalized spacial score (nSPS) is 11.6. The van der Waals surface area contributed by atoms with Crippen molar-refractivity contribution in [2.75, 3.05) is 18.5 Å². The number of aryl methyl sites for hydroxylation is 1. The highest BCUT2D eigenvalue weighted by molar-refractivity contribution is 7.92. The standard InChI is InChI=1S/C13H20N2O3S/c1-9(2)15(4)12(16)8-19(17,18)11-7-5-6-10(3)13(11)14/h5-7,9H,8,14H2,1-4H3. The number of carbonyl (C=O) groups is 1. The van der Waals surface area contributed by atoms with Crippen LogP contribution < -0.4 is 5.73 Å². The van der Waals surface area contributed by atoms with E-state index in [-0.39, 0.29) is 16.6 Å². The Morgan fingerprint density at radius 3 is 2.47 bits per heavy atom. The topological polar surface area (TPSA) is 80.5 Å². The van der Waals surface area contributed by atoms with E-state index in [2.05, 4.69) is 0 Å². The molecular weight excluding hydrogens is 264 g/mol. The van der Waals surface area contributed by atoms with Crippen molar-refractivity contribution >= 4 is 21.4 Å². The number of hydrogen-bond donors (Lipinski definition) is 1. The minimum absolute atomic E-state index is 0.0259. The SMILES string of the molecule is Cc1cccc(S(=O)(=O)CC(=O)N(C)C(C)C)c1N. The minimum Gasteiger partial charge on any atom is -0.397 e. The Balaban J connectivity index is 3.06. The summed E-state index contributed by atoms with van der Waals surface area (Å²) in [4.78, 5) is 13.3. The molecule has 1 rings (SSSR count). The predicted molar refractivity (Wildman–Crippen MR) is 75.6 cm³/mol. The summed E-state index contributed by atoms with van der Waals surface area (Å²) in [6, 6.07) is 4.74. The number of nitrogen functional groups attached to an aromatic ring is 1. The van der Waals surface area contributed by atoms with Gasteiger partial charge in [-0.15, -0.1) is 0 Å². The van der Waals surface area contributed by atoms with E-state index in [0.29, 0.717) is 5.56 Å². The lowest BCUT2D eigenvalue weighted by atomic mass is 10.2. The zero-order chi connectivity index (χ0) is 14.8. The highest BCUT2D eigenvalue weighted by Crippen LogP contribution is 2.23. The molecule has 0 unspecified atom stereocenters. The van der Waals surface area contributed by atoms with E-state index < -0.39 is 21.5 Å². The van der Waals surface area contributed by atoms with Crippen molar-refractivity contribution in [2.24, 2.45) is 0 Å².